The molecule has 1 N–H and O–H groups in total. The van der Waals surface area contributed by atoms with Crippen LogP contribution in [0.25, 0.3) is 16.3 Å². The minimum absolute atomic E-state index is 0.0810. The maximum atomic E-state index is 12.4. The van der Waals surface area contributed by atoms with Crippen molar-refractivity contribution in [1.82, 2.24) is 4.98 Å². The van der Waals surface area contributed by atoms with E-state index in [4.69, 9.17) is 9.47 Å². The van der Waals surface area contributed by atoms with Gasteiger partial charge in [-0.2, -0.15) is 8.78 Å². The van der Waals surface area contributed by atoms with Gasteiger partial charge in [-0.15, -0.1) is 0 Å². The van der Waals surface area contributed by atoms with Gasteiger partial charge >= 0.3 is 6.61 Å². The van der Waals surface area contributed by atoms with Gasteiger partial charge in [-0.05, 0) is 35.9 Å². The number of ether oxygens (including phenoxy) is 3. The van der Waals surface area contributed by atoms with Gasteiger partial charge in [-0.1, -0.05) is 23.5 Å². The Kier molecular flexibility index (Phi) is 6.05. The van der Waals surface area contributed by atoms with Gasteiger partial charge in [-0.25, -0.2) is 4.98 Å². The van der Waals surface area contributed by atoms with Crippen LogP contribution in [0.2, 0.25) is 0 Å². The second-order valence-corrected chi connectivity index (χ2v) is 6.47. The number of methoxy groups -OCH3 is 2. The molecule has 0 fully saturated rings. The molecule has 28 heavy (non-hydrogen) atoms. The van der Waals surface area contributed by atoms with Crippen molar-refractivity contribution in [3.63, 3.8) is 0 Å². The molecular weight excluding hydrogens is 390 g/mol. The number of rotatable bonds is 7. The number of amides is 1. The van der Waals surface area contributed by atoms with Crippen molar-refractivity contribution >= 4 is 38.7 Å². The lowest BCUT2D eigenvalue weighted by molar-refractivity contribution is -0.111. The van der Waals surface area contributed by atoms with E-state index in [2.05, 4.69) is 15.0 Å². The SMILES string of the molecule is COc1cc(/C=C/C(=O)Nc2nc3c(OC)cccc3s2)ccc1OC(F)F. The van der Waals surface area contributed by atoms with Gasteiger partial charge in [0.05, 0.1) is 18.9 Å². The van der Waals surface area contributed by atoms with Gasteiger partial charge in [0.25, 0.3) is 0 Å². The lowest BCUT2D eigenvalue weighted by atomic mass is 10.2. The number of hydrogen-bond acceptors (Lipinski definition) is 6. The van der Waals surface area contributed by atoms with Gasteiger partial charge in [0.1, 0.15) is 11.3 Å². The van der Waals surface area contributed by atoms with Crippen LogP contribution in [0, 0.1) is 0 Å². The molecule has 0 atom stereocenters. The molecule has 1 heterocycles. The van der Waals surface area contributed by atoms with Crippen molar-refractivity contribution in [2.75, 3.05) is 19.5 Å². The Labute approximate surface area is 163 Å². The Hall–Kier alpha value is -3.20. The fraction of sp³-hybridized carbons (Fsp3) is 0.158. The van der Waals surface area contributed by atoms with Gasteiger partial charge in [-0.3, -0.25) is 10.1 Å². The molecule has 0 saturated carbocycles. The lowest BCUT2D eigenvalue weighted by Crippen LogP contribution is -2.07. The Bertz CT molecular complexity index is 1020. The molecule has 3 aromatic rings. The number of aromatic nitrogens is 1. The Morgan fingerprint density at radius 3 is 2.64 bits per heavy atom. The number of carbonyl (C=O) groups excluding carboxylic acids is 1. The van der Waals surface area contributed by atoms with Crippen molar-refractivity contribution in [2.45, 2.75) is 6.61 Å². The van der Waals surface area contributed by atoms with Crippen molar-refractivity contribution in [2.24, 2.45) is 0 Å². The zero-order valence-corrected chi connectivity index (χ0v) is 15.8. The summed E-state index contributed by atoms with van der Waals surface area (Å²) in [5.74, 6) is 0.302. The molecule has 0 aliphatic carbocycles. The van der Waals surface area contributed by atoms with Gasteiger partial charge < -0.3 is 14.2 Å². The van der Waals surface area contributed by atoms with Gasteiger partial charge in [0, 0.05) is 6.08 Å². The minimum atomic E-state index is -2.95. The van der Waals surface area contributed by atoms with Crippen LogP contribution < -0.4 is 19.5 Å². The Morgan fingerprint density at radius 1 is 1.14 bits per heavy atom. The average molecular weight is 406 g/mol. The van der Waals surface area contributed by atoms with E-state index in [0.717, 1.165) is 4.70 Å². The standard InChI is InChI=1S/C19H16F2N2O4S/c1-25-13-4-3-5-15-17(13)23-19(28-15)22-16(24)9-7-11-6-8-12(27-18(20)21)14(10-11)26-2/h3-10,18H,1-2H3,(H,22,23,24)/b9-7+. The predicted octanol–water partition coefficient (Wildman–Crippen LogP) is 4.57. The first kappa shape index (κ1) is 19.6. The molecule has 2 aromatic carbocycles. The Morgan fingerprint density at radius 2 is 1.93 bits per heavy atom. The van der Waals surface area contributed by atoms with E-state index in [0.29, 0.717) is 22.0 Å². The second-order valence-electron chi connectivity index (χ2n) is 5.44. The van der Waals surface area contributed by atoms with Crippen LogP contribution in [0.15, 0.2) is 42.5 Å². The molecule has 0 saturated heterocycles. The molecule has 146 valence electrons. The van der Waals surface area contributed by atoms with Crippen LogP contribution in [0.4, 0.5) is 13.9 Å². The molecule has 0 spiro atoms. The lowest BCUT2D eigenvalue weighted by Gasteiger charge is -2.10. The summed E-state index contributed by atoms with van der Waals surface area (Å²) in [6.07, 6.45) is 2.84. The summed E-state index contributed by atoms with van der Waals surface area (Å²) in [6.45, 7) is -2.95. The quantitative estimate of drug-likeness (QED) is 0.582. The maximum absolute atomic E-state index is 12.4. The number of halogens is 2. The highest BCUT2D eigenvalue weighted by atomic mass is 32.1. The third kappa shape index (κ3) is 4.55. The molecule has 0 unspecified atom stereocenters. The predicted molar refractivity (Wildman–Crippen MR) is 103 cm³/mol. The number of para-hydroxylation sites is 1. The summed E-state index contributed by atoms with van der Waals surface area (Å²) in [7, 11) is 2.90. The first-order valence-electron chi connectivity index (χ1n) is 8.05. The average Bonchev–Trinajstić information content (AvgIpc) is 3.09. The zero-order chi connectivity index (χ0) is 20.1. The van der Waals surface area contributed by atoms with Crippen molar-refractivity contribution in [3.8, 4) is 17.2 Å². The molecule has 9 heteroatoms. The van der Waals surface area contributed by atoms with E-state index >= 15 is 0 Å². The molecule has 1 amide bonds. The molecule has 0 bridgehead atoms. The minimum Gasteiger partial charge on any atom is -0.494 e. The number of anilines is 1. The molecule has 3 rings (SSSR count). The Balaban J connectivity index is 1.71. The van der Waals surface area contributed by atoms with Gasteiger partial charge in [0.15, 0.2) is 16.6 Å². The summed E-state index contributed by atoms with van der Waals surface area (Å²) < 4.78 is 40.3. The molecular formula is C19H16F2N2O4S. The van der Waals surface area contributed by atoms with E-state index in [1.54, 1.807) is 13.2 Å². The highest BCUT2D eigenvalue weighted by Gasteiger charge is 2.11. The number of benzene rings is 2. The van der Waals surface area contributed by atoms with Crippen LogP contribution in [0.5, 0.6) is 17.2 Å². The van der Waals surface area contributed by atoms with Crippen LogP contribution >= 0.6 is 11.3 Å². The van der Waals surface area contributed by atoms with Crippen molar-refractivity contribution in [1.29, 1.82) is 0 Å². The summed E-state index contributed by atoms with van der Waals surface area (Å²) in [6, 6.07) is 9.90. The number of alkyl halides is 2. The summed E-state index contributed by atoms with van der Waals surface area (Å²) in [5, 5.41) is 3.13. The summed E-state index contributed by atoms with van der Waals surface area (Å²) in [5.41, 5.74) is 1.26. The molecule has 0 radical (unpaired) electrons. The number of carbonyl (C=O) groups is 1. The first-order chi connectivity index (χ1) is 13.5. The first-order valence-corrected chi connectivity index (χ1v) is 8.87. The highest BCUT2D eigenvalue weighted by molar-refractivity contribution is 7.22. The number of thiazole rings is 1. The van der Waals surface area contributed by atoms with Gasteiger partial charge in [0.2, 0.25) is 5.91 Å². The zero-order valence-electron chi connectivity index (χ0n) is 14.9. The molecule has 6 nitrogen and oxygen atoms in total. The van der Waals surface area contributed by atoms with E-state index in [1.807, 2.05) is 12.1 Å². The number of nitrogens with one attached hydrogen (secondary N) is 1. The second kappa shape index (κ2) is 8.66. The van der Waals surface area contributed by atoms with E-state index < -0.39 is 6.61 Å². The maximum Gasteiger partial charge on any atom is 0.387 e. The molecule has 0 aliphatic heterocycles. The normalized spacial score (nSPS) is 11.2. The largest absolute Gasteiger partial charge is 0.494 e. The monoisotopic (exact) mass is 406 g/mol. The summed E-state index contributed by atoms with van der Waals surface area (Å²) in [4.78, 5) is 16.5. The van der Waals surface area contributed by atoms with E-state index in [-0.39, 0.29) is 17.4 Å². The van der Waals surface area contributed by atoms with Crippen LogP contribution in [0.3, 0.4) is 0 Å². The number of fused-ring (bicyclic) bond motifs is 1. The van der Waals surface area contributed by atoms with E-state index in [1.165, 1.54) is 48.8 Å². The fourth-order valence-corrected chi connectivity index (χ4v) is 3.33. The van der Waals surface area contributed by atoms with Crippen LogP contribution in [-0.4, -0.2) is 31.7 Å². The van der Waals surface area contributed by atoms with Crippen molar-refractivity contribution < 1.29 is 27.8 Å². The summed E-state index contributed by atoms with van der Waals surface area (Å²) >= 11 is 1.33. The smallest absolute Gasteiger partial charge is 0.387 e. The van der Waals surface area contributed by atoms with Crippen LogP contribution in [0.1, 0.15) is 5.56 Å². The molecule has 0 aliphatic rings. The number of hydrogen-bond donors (Lipinski definition) is 1. The number of nitrogens with zero attached hydrogens (tertiary/aromatic N) is 1. The topological polar surface area (TPSA) is 69.7 Å². The third-order valence-corrected chi connectivity index (χ3v) is 4.60. The van der Waals surface area contributed by atoms with Crippen molar-refractivity contribution in [3.05, 3.63) is 48.0 Å². The fourth-order valence-electron chi connectivity index (χ4n) is 2.44. The van der Waals surface area contributed by atoms with Crippen LogP contribution in [-0.2, 0) is 4.79 Å². The molecule has 1 aromatic heterocycles. The highest BCUT2D eigenvalue weighted by Crippen LogP contribution is 2.32. The third-order valence-electron chi connectivity index (χ3n) is 3.66. The van der Waals surface area contributed by atoms with E-state index in [9.17, 15) is 13.6 Å².